The van der Waals surface area contributed by atoms with Crippen LogP contribution in [0.1, 0.15) is 54.6 Å². The number of carbonyl (C=O) groups excluding carboxylic acids is 1. The fourth-order valence-electron chi connectivity index (χ4n) is 2.25. The van der Waals surface area contributed by atoms with Crippen LogP contribution < -0.4 is 11.1 Å². The molecule has 1 aliphatic carbocycles. The lowest BCUT2D eigenvalue weighted by atomic mass is 9.97. The quantitative estimate of drug-likeness (QED) is 0.851. The Morgan fingerprint density at radius 1 is 1.29 bits per heavy atom. The Morgan fingerprint density at radius 3 is 2.53 bits per heavy atom. The number of nitrogen functional groups attached to an aromatic ring is 1. The zero-order chi connectivity index (χ0) is 12.1. The Kier molecular flexibility index (Phi) is 4.36. The molecule has 0 radical (unpaired) electrons. The number of rotatable bonds is 2. The molecule has 0 atom stereocenters. The number of aromatic nitrogens is 1. The molecule has 1 aliphatic rings. The molecule has 2 rings (SSSR count). The second-order valence-corrected chi connectivity index (χ2v) is 5.64. The van der Waals surface area contributed by atoms with Gasteiger partial charge in [0.25, 0.3) is 5.91 Å². The third-order valence-corrected chi connectivity index (χ3v) is 4.01. The fraction of sp³-hybridized carbons (Fsp3) is 0.667. The van der Waals surface area contributed by atoms with Crippen molar-refractivity contribution in [2.75, 3.05) is 5.73 Å². The van der Waals surface area contributed by atoms with Gasteiger partial charge in [-0.25, -0.2) is 4.98 Å². The van der Waals surface area contributed by atoms with Crippen LogP contribution in [0.25, 0.3) is 0 Å². The summed E-state index contributed by atoms with van der Waals surface area (Å²) in [5.74, 6) is -0.0234. The smallest absolute Gasteiger partial charge is 0.263 e. The summed E-state index contributed by atoms with van der Waals surface area (Å²) in [7, 11) is 0. The van der Waals surface area contributed by atoms with E-state index in [1.807, 2.05) is 0 Å². The van der Waals surface area contributed by atoms with Crippen molar-refractivity contribution < 1.29 is 4.79 Å². The molecular weight excluding hydrogens is 234 g/mol. The number of carbonyl (C=O) groups is 1. The van der Waals surface area contributed by atoms with Gasteiger partial charge in [0, 0.05) is 6.04 Å². The summed E-state index contributed by atoms with van der Waals surface area (Å²) >= 11 is 1.25. The molecule has 0 aliphatic heterocycles. The summed E-state index contributed by atoms with van der Waals surface area (Å²) in [6, 6.07) is 0.325. The molecule has 1 amide bonds. The first-order valence-corrected chi connectivity index (χ1v) is 7.09. The molecule has 1 saturated carbocycles. The van der Waals surface area contributed by atoms with Crippen molar-refractivity contribution in [2.45, 2.75) is 51.0 Å². The summed E-state index contributed by atoms with van der Waals surface area (Å²) in [6.45, 7) is 0. The number of hydrogen-bond donors (Lipinski definition) is 2. The molecule has 0 aromatic carbocycles. The van der Waals surface area contributed by atoms with E-state index in [0.717, 1.165) is 12.8 Å². The van der Waals surface area contributed by atoms with Crippen LogP contribution in [-0.2, 0) is 0 Å². The van der Waals surface area contributed by atoms with Gasteiger partial charge in [0.1, 0.15) is 4.88 Å². The van der Waals surface area contributed by atoms with E-state index < -0.39 is 0 Å². The molecule has 94 valence electrons. The molecule has 0 saturated heterocycles. The van der Waals surface area contributed by atoms with Crippen LogP contribution in [0, 0.1) is 0 Å². The molecule has 0 unspecified atom stereocenters. The summed E-state index contributed by atoms with van der Waals surface area (Å²) in [6.07, 6.45) is 10.1. The highest BCUT2D eigenvalue weighted by Crippen LogP contribution is 2.19. The van der Waals surface area contributed by atoms with E-state index in [-0.39, 0.29) is 5.91 Å². The summed E-state index contributed by atoms with van der Waals surface area (Å²) in [5.41, 5.74) is 5.52. The standard InChI is InChI=1S/C12H19N3OS/c13-12-14-8-10(17-12)11(16)15-9-6-4-2-1-3-5-7-9/h8-9H,1-7H2,(H2,13,14)(H,15,16). The number of anilines is 1. The second-order valence-electron chi connectivity index (χ2n) is 4.58. The normalized spacial score (nSPS) is 18.4. The number of nitrogens with zero attached hydrogens (tertiary/aromatic N) is 1. The van der Waals surface area contributed by atoms with Crippen LogP contribution in [0.4, 0.5) is 5.13 Å². The van der Waals surface area contributed by atoms with E-state index in [1.54, 1.807) is 6.20 Å². The lowest BCUT2D eigenvalue weighted by Gasteiger charge is -2.20. The number of thiazole rings is 1. The van der Waals surface area contributed by atoms with Crippen LogP contribution in [0.5, 0.6) is 0 Å². The first-order valence-electron chi connectivity index (χ1n) is 6.28. The maximum Gasteiger partial charge on any atom is 0.263 e. The first kappa shape index (κ1) is 12.4. The molecule has 17 heavy (non-hydrogen) atoms. The van der Waals surface area contributed by atoms with Gasteiger partial charge in [-0.05, 0) is 12.8 Å². The third-order valence-electron chi connectivity index (χ3n) is 3.19. The van der Waals surface area contributed by atoms with Gasteiger partial charge in [-0.15, -0.1) is 0 Å². The lowest BCUT2D eigenvalue weighted by molar-refractivity contribution is 0.0934. The average molecular weight is 253 g/mol. The van der Waals surface area contributed by atoms with E-state index in [0.29, 0.717) is 16.1 Å². The maximum absolute atomic E-state index is 11.9. The number of hydrogen-bond acceptors (Lipinski definition) is 4. The molecule has 1 fully saturated rings. The number of nitrogens with one attached hydrogen (secondary N) is 1. The zero-order valence-corrected chi connectivity index (χ0v) is 10.8. The molecule has 0 bridgehead atoms. The van der Waals surface area contributed by atoms with Crippen molar-refractivity contribution in [3.63, 3.8) is 0 Å². The highest BCUT2D eigenvalue weighted by atomic mass is 32.1. The van der Waals surface area contributed by atoms with E-state index >= 15 is 0 Å². The monoisotopic (exact) mass is 253 g/mol. The van der Waals surface area contributed by atoms with Gasteiger partial charge < -0.3 is 11.1 Å². The van der Waals surface area contributed by atoms with Gasteiger partial charge in [0.15, 0.2) is 5.13 Å². The van der Waals surface area contributed by atoms with Crippen molar-refractivity contribution >= 4 is 22.4 Å². The van der Waals surface area contributed by atoms with Gasteiger partial charge in [-0.1, -0.05) is 43.4 Å². The van der Waals surface area contributed by atoms with Crippen molar-refractivity contribution in [3.8, 4) is 0 Å². The topological polar surface area (TPSA) is 68.0 Å². The molecule has 0 spiro atoms. The Morgan fingerprint density at radius 2 is 1.94 bits per heavy atom. The summed E-state index contributed by atoms with van der Waals surface area (Å²) in [4.78, 5) is 16.4. The van der Waals surface area contributed by atoms with Gasteiger partial charge in [0.05, 0.1) is 6.20 Å². The summed E-state index contributed by atoms with van der Waals surface area (Å²) < 4.78 is 0. The van der Waals surface area contributed by atoms with Crippen molar-refractivity contribution in [1.29, 1.82) is 0 Å². The Labute approximate surface area is 106 Å². The Balaban J connectivity index is 1.88. The lowest BCUT2D eigenvalue weighted by Crippen LogP contribution is -2.34. The average Bonchev–Trinajstić information content (AvgIpc) is 2.68. The third kappa shape index (κ3) is 3.70. The second kappa shape index (κ2) is 6.00. The Hall–Kier alpha value is -1.10. The minimum absolute atomic E-state index is 0.0234. The highest BCUT2D eigenvalue weighted by molar-refractivity contribution is 7.17. The predicted octanol–water partition coefficient (Wildman–Crippen LogP) is 2.57. The minimum Gasteiger partial charge on any atom is -0.375 e. The van der Waals surface area contributed by atoms with Crippen LogP contribution >= 0.6 is 11.3 Å². The van der Waals surface area contributed by atoms with Gasteiger partial charge in [-0.2, -0.15) is 0 Å². The zero-order valence-electron chi connectivity index (χ0n) is 9.95. The van der Waals surface area contributed by atoms with Crippen LogP contribution in [0.2, 0.25) is 0 Å². The highest BCUT2D eigenvalue weighted by Gasteiger charge is 2.16. The van der Waals surface area contributed by atoms with Gasteiger partial charge >= 0.3 is 0 Å². The SMILES string of the molecule is Nc1ncc(C(=O)NC2CCCCCCC2)s1. The first-order chi connectivity index (χ1) is 8.25. The minimum atomic E-state index is -0.0234. The molecular formula is C12H19N3OS. The van der Waals surface area contributed by atoms with E-state index in [1.165, 1.54) is 43.4 Å². The van der Waals surface area contributed by atoms with E-state index in [2.05, 4.69) is 10.3 Å². The predicted molar refractivity (Wildman–Crippen MR) is 70.1 cm³/mol. The van der Waals surface area contributed by atoms with Crippen LogP contribution in [0.3, 0.4) is 0 Å². The largest absolute Gasteiger partial charge is 0.375 e. The van der Waals surface area contributed by atoms with Crippen molar-refractivity contribution in [1.82, 2.24) is 10.3 Å². The molecule has 4 nitrogen and oxygen atoms in total. The molecule has 1 heterocycles. The maximum atomic E-state index is 11.9. The number of amides is 1. The molecule has 3 N–H and O–H groups in total. The van der Waals surface area contributed by atoms with Crippen molar-refractivity contribution in [3.05, 3.63) is 11.1 Å². The van der Waals surface area contributed by atoms with Gasteiger partial charge in [-0.3, -0.25) is 4.79 Å². The Bertz CT molecular complexity index is 370. The van der Waals surface area contributed by atoms with E-state index in [9.17, 15) is 4.79 Å². The fourth-order valence-corrected chi connectivity index (χ4v) is 2.84. The molecule has 5 heteroatoms. The molecule has 1 aromatic heterocycles. The van der Waals surface area contributed by atoms with Crippen LogP contribution in [-0.4, -0.2) is 16.9 Å². The summed E-state index contributed by atoms with van der Waals surface area (Å²) in [5, 5.41) is 3.54. The number of nitrogens with two attached hydrogens (primary N) is 1. The molecule has 1 aromatic rings. The van der Waals surface area contributed by atoms with Crippen LogP contribution in [0.15, 0.2) is 6.20 Å². The van der Waals surface area contributed by atoms with Crippen molar-refractivity contribution in [2.24, 2.45) is 0 Å². The van der Waals surface area contributed by atoms with Gasteiger partial charge in [0.2, 0.25) is 0 Å². The van der Waals surface area contributed by atoms with E-state index in [4.69, 9.17) is 5.73 Å².